The second-order valence-electron chi connectivity index (χ2n) is 12.8. The van der Waals surface area contributed by atoms with E-state index in [1.54, 1.807) is 0 Å². The standard InChI is InChI=1S/C45H30N4/c1-29-12-11-13-32(26-29)44-36-18-5-8-19-39(36)46-45(47-44)49-41-21-10-7-17-35(41)38-28-31(23-25-43(38)49)30-22-24-42-37(27-30)34-16-6-9-20-40(34)48(42)33-14-3-2-4-15-33/h2-28H,1H3. The molecule has 0 atom stereocenters. The van der Waals surface area contributed by atoms with Gasteiger partial charge in [-0.15, -0.1) is 0 Å². The summed E-state index contributed by atoms with van der Waals surface area (Å²) >= 11 is 0. The predicted octanol–water partition coefficient (Wildman–Crippen LogP) is 11.5. The molecule has 3 heterocycles. The Morgan fingerprint density at radius 3 is 1.65 bits per heavy atom. The summed E-state index contributed by atoms with van der Waals surface area (Å²) in [7, 11) is 0. The summed E-state index contributed by atoms with van der Waals surface area (Å²) in [6.07, 6.45) is 0. The van der Waals surface area contributed by atoms with Crippen molar-refractivity contribution < 1.29 is 0 Å². The minimum absolute atomic E-state index is 0.671. The molecule has 10 aromatic rings. The van der Waals surface area contributed by atoms with Crippen molar-refractivity contribution in [3.05, 3.63) is 169 Å². The number of hydrogen-bond donors (Lipinski definition) is 0. The lowest BCUT2D eigenvalue weighted by molar-refractivity contribution is 1.01. The van der Waals surface area contributed by atoms with Crippen LogP contribution in [0.1, 0.15) is 5.56 Å². The van der Waals surface area contributed by atoms with Crippen molar-refractivity contribution in [2.75, 3.05) is 0 Å². The van der Waals surface area contributed by atoms with Crippen molar-refractivity contribution in [3.63, 3.8) is 0 Å². The average molecular weight is 627 g/mol. The highest BCUT2D eigenvalue weighted by atomic mass is 15.2. The smallest absolute Gasteiger partial charge is 0.235 e. The molecule has 230 valence electrons. The van der Waals surface area contributed by atoms with E-state index in [1.807, 2.05) is 6.07 Å². The Labute approximate surface area is 283 Å². The number of benzene rings is 7. The first-order valence-electron chi connectivity index (χ1n) is 16.7. The molecular formula is C45H30N4. The van der Waals surface area contributed by atoms with Gasteiger partial charge in [0.2, 0.25) is 5.95 Å². The van der Waals surface area contributed by atoms with Gasteiger partial charge in [-0.1, -0.05) is 109 Å². The van der Waals surface area contributed by atoms with Gasteiger partial charge < -0.3 is 4.57 Å². The summed E-state index contributed by atoms with van der Waals surface area (Å²) in [6.45, 7) is 2.12. The van der Waals surface area contributed by atoms with E-state index in [1.165, 1.54) is 49.3 Å². The van der Waals surface area contributed by atoms with Crippen LogP contribution in [0.3, 0.4) is 0 Å². The lowest BCUT2D eigenvalue weighted by Gasteiger charge is -2.12. The molecule has 0 spiro atoms. The Morgan fingerprint density at radius 1 is 0.388 bits per heavy atom. The SMILES string of the molecule is Cc1cccc(-c2nc(-n3c4ccccc4c4cc(-c5ccc6c(c5)c5ccccc5n6-c5ccccc5)ccc43)nc3ccccc23)c1. The van der Waals surface area contributed by atoms with Crippen molar-refractivity contribution in [3.8, 4) is 34.0 Å². The molecule has 0 amide bonds. The molecule has 0 radical (unpaired) electrons. The van der Waals surface area contributed by atoms with Crippen LogP contribution in [0.4, 0.5) is 0 Å². The number of hydrogen-bond acceptors (Lipinski definition) is 2. The van der Waals surface area contributed by atoms with E-state index >= 15 is 0 Å². The summed E-state index contributed by atoms with van der Waals surface area (Å²) < 4.78 is 4.58. The van der Waals surface area contributed by atoms with Gasteiger partial charge in [0, 0.05) is 38.2 Å². The number of fused-ring (bicyclic) bond motifs is 7. The summed E-state index contributed by atoms with van der Waals surface area (Å²) in [6, 6.07) is 58.4. The zero-order valence-electron chi connectivity index (χ0n) is 26.9. The van der Waals surface area contributed by atoms with Gasteiger partial charge >= 0.3 is 0 Å². The van der Waals surface area contributed by atoms with Gasteiger partial charge in [0.05, 0.1) is 33.3 Å². The third kappa shape index (κ3) is 4.31. The van der Waals surface area contributed by atoms with Crippen LogP contribution in [-0.4, -0.2) is 19.1 Å². The van der Waals surface area contributed by atoms with Crippen LogP contribution in [0.2, 0.25) is 0 Å². The molecule has 0 N–H and O–H groups in total. The average Bonchev–Trinajstić information content (AvgIpc) is 3.67. The summed E-state index contributed by atoms with van der Waals surface area (Å²) in [4.78, 5) is 10.4. The Balaban J connectivity index is 1.18. The van der Waals surface area contributed by atoms with Gasteiger partial charge in [-0.2, -0.15) is 0 Å². The molecule has 4 nitrogen and oxygen atoms in total. The number of rotatable bonds is 4. The van der Waals surface area contributed by atoms with Gasteiger partial charge in [0.25, 0.3) is 0 Å². The summed E-state index contributed by atoms with van der Waals surface area (Å²) in [5, 5.41) is 5.89. The van der Waals surface area contributed by atoms with E-state index in [4.69, 9.17) is 9.97 Å². The molecule has 0 unspecified atom stereocenters. The lowest BCUT2D eigenvalue weighted by atomic mass is 10.0. The molecule has 3 aromatic heterocycles. The van der Waals surface area contributed by atoms with E-state index in [0.717, 1.165) is 38.9 Å². The van der Waals surface area contributed by atoms with Crippen LogP contribution in [0.5, 0.6) is 0 Å². The molecule has 10 rings (SSSR count). The van der Waals surface area contributed by atoms with Gasteiger partial charge in [-0.05, 0) is 78.7 Å². The Hall–Kier alpha value is -6.52. The third-order valence-corrected chi connectivity index (χ3v) is 9.78. The first-order chi connectivity index (χ1) is 24.2. The highest BCUT2D eigenvalue weighted by molar-refractivity contribution is 6.12. The van der Waals surface area contributed by atoms with Crippen molar-refractivity contribution >= 4 is 54.5 Å². The molecular weight excluding hydrogens is 597 g/mol. The van der Waals surface area contributed by atoms with Gasteiger partial charge in [0.1, 0.15) is 0 Å². The van der Waals surface area contributed by atoms with Crippen LogP contribution >= 0.6 is 0 Å². The normalized spacial score (nSPS) is 11.8. The van der Waals surface area contributed by atoms with Gasteiger partial charge in [-0.25, -0.2) is 9.97 Å². The molecule has 0 aliphatic carbocycles. The van der Waals surface area contributed by atoms with E-state index in [0.29, 0.717) is 5.95 Å². The van der Waals surface area contributed by atoms with Crippen LogP contribution in [-0.2, 0) is 0 Å². The molecule has 0 saturated heterocycles. The zero-order valence-corrected chi connectivity index (χ0v) is 26.9. The Kier molecular flexibility index (Phi) is 6.06. The van der Waals surface area contributed by atoms with Crippen LogP contribution in [0.15, 0.2) is 164 Å². The quantitative estimate of drug-likeness (QED) is 0.195. The second-order valence-corrected chi connectivity index (χ2v) is 12.8. The van der Waals surface area contributed by atoms with Crippen molar-refractivity contribution in [1.29, 1.82) is 0 Å². The first-order valence-corrected chi connectivity index (χ1v) is 16.7. The monoisotopic (exact) mass is 626 g/mol. The molecule has 7 aromatic carbocycles. The number of aromatic nitrogens is 4. The lowest BCUT2D eigenvalue weighted by Crippen LogP contribution is -2.03. The number of para-hydroxylation sites is 4. The molecule has 0 aliphatic rings. The van der Waals surface area contributed by atoms with Gasteiger partial charge in [-0.3, -0.25) is 4.57 Å². The van der Waals surface area contributed by atoms with Crippen LogP contribution in [0, 0.1) is 6.92 Å². The van der Waals surface area contributed by atoms with E-state index in [2.05, 4.69) is 174 Å². The highest BCUT2D eigenvalue weighted by Gasteiger charge is 2.19. The molecule has 0 bridgehead atoms. The number of aryl methyl sites for hydroxylation is 1. The Morgan fingerprint density at radius 2 is 0.959 bits per heavy atom. The minimum atomic E-state index is 0.671. The molecule has 0 aliphatic heterocycles. The van der Waals surface area contributed by atoms with Crippen molar-refractivity contribution in [2.24, 2.45) is 0 Å². The zero-order chi connectivity index (χ0) is 32.5. The molecule has 4 heteroatoms. The molecule has 49 heavy (non-hydrogen) atoms. The van der Waals surface area contributed by atoms with Crippen molar-refractivity contribution in [1.82, 2.24) is 19.1 Å². The minimum Gasteiger partial charge on any atom is -0.309 e. The van der Waals surface area contributed by atoms with E-state index in [-0.39, 0.29) is 0 Å². The fourth-order valence-electron chi connectivity index (χ4n) is 7.55. The maximum atomic E-state index is 5.28. The first kappa shape index (κ1) is 27.6. The largest absolute Gasteiger partial charge is 0.309 e. The molecule has 0 saturated carbocycles. The highest BCUT2D eigenvalue weighted by Crippen LogP contribution is 2.38. The second kappa shape index (κ2) is 10.8. The van der Waals surface area contributed by atoms with E-state index < -0.39 is 0 Å². The Bertz CT molecular complexity index is 2890. The fraction of sp³-hybridized carbons (Fsp3) is 0.0222. The van der Waals surface area contributed by atoms with Crippen LogP contribution < -0.4 is 0 Å². The van der Waals surface area contributed by atoms with Crippen LogP contribution in [0.25, 0.3) is 88.5 Å². The summed E-state index contributed by atoms with van der Waals surface area (Å²) in [5.74, 6) is 0.671. The number of nitrogens with zero attached hydrogens (tertiary/aromatic N) is 4. The fourth-order valence-corrected chi connectivity index (χ4v) is 7.55. The third-order valence-electron chi connectivity index (χ3n) is 9.78. The maximum Gasteiger partial charge on any atom is 0.235 e. The maximum absolute atomic E-state index is 5.28. The summed E-state index contributed by atoms with van der Waals surface area (Å²) in [5.41, 5.74) is 12.3. The van der Waals surface area contributed by atoms with Gasteiger partial charge in [0.15, 0.2) is 0 Å². The van der Waals surface area contributed by atoms with E-state index in [9.17, 15) is 0 Å². The predicted molar refractivity (Wildman–Crippen MR) is 204 cm³/mol. The molecule has 0 fully saturated rings. The van der Waals surface area contributed by atoms with Crippen molar-refractivity contribution in [2.45, 2.75) is 6.92 Å². The topological polar surface area (TPSA) is 35.6 Å².